The van der Waals surface area contributed by atoms with Crippen LogP contribution in [0.3, 0.4) is 0 Å². The zero-order valence-electron chi connectivity index (χ0n) is 20.3. The maximum atomic E-state index is 15.0. The molecule has 0 aliphatic heterocycles. The minimum atomic E-state index is -0.389. The molecule has 7 heteroatoms. The first-order valence-electron chi connectivity index (χ1n) is 11.9. The van der Waals surface area contributed by atoms with Crippen LogP contribution in [0, 0.1) is 19.7 Å². The molecule has 1 unspecified atom stereocenters. The molecular formula is C28H28ClFN4O. The van der Waals surface area contributed by atoms with Crippen molar-refractivity contribution >= 4 is 28.2 Å². The topological polar surface area (TPSA) is 52.8 Å². The van der Waals surface area contributed by atoms with Crippen molar-refractivity contribution in [2.45, 2.75) is 52.2 Å². The van der Waals surface area contributed by atoms with Gasteiger partial charge >= 0.3 is 0 Å². The van der Waals surface area contributed by atoms with E-state index >= 15 is 4.39 Å². The molecule has 2 heterocycles. The predicted molar refractivity (Wildman–Crippen MR) is 138 cm³/mol. The van der Waals surface area contributed by atoms with Gasteiger partial charge in [0.1, 0.15) is 11.9 Å². The number of aromatic nitrogens is 4. The van der Waals surface area contributed by atoms with E-state index in [1.54, 1.807) is 19.2 Å². The van der Waals surface area contributed by atoms with E-state index in [2.05, 4.69) is 24.3 Å². The first-order chi connectivity index (χ1) is 16.9. The third-order valence-corrected chi connectivity index (χ3v) is 6.87. The molecule has 1 aliphatic rings. The van der Waals surface area contributed by atoms with Crippen LogP contribution in [0.25, 0.3) is 27.7 Å². The van der Waals surface area contributed by atoms with Crippen molar-refractivity contribution in [2.24, 2.45) is 0 Å². The van der Waals surface area contributed by atoms with Crippen molar-refractivity contribution < 1.29 is 9.13 Å². The third kappa shape index (κ3) is 4.73. The van der Waals surface area contributed by atoms with Gasteiger partial charge in [0.2, 0.25) is 0 Å². The number of halogens is 2. The van der Waals surface area contributed by atoms with Crippen molar-refractivity contribution in [1.29, 1.82) is 0 Å². The molecule has 5 nitrogen and oxygen atoms in total. The van der Waals surface area contributed by atoms with Crippen molar-refractivity contribution in [3.8, 4) is 11.1 Å². The van der Waals surface area contributed by atoms with Gasteiger partial charge in [0.15, 0.2) is 0 Å². The van der Waals surface area contributed by atoms with Gasteiger partial charge in [0.25, 0.3) is 0 Å². The van der Waals surface area contributed by atoms with Crippen LogP contribution in [0.2, 0.25) is 5.02 Å². The minimum Gasteiger partial charge on any atom is -0.373 e. The number of nitrogens with zero attached hydrogens (tertiary/aromatic N) is 4. The largest absolute Gasteiger partial charge is 0.373 e. The van der Waals surface area contributed by atoms with Crippen LogP contribution in [0.4, 0.5) is 4.39 Å². The fourth-order valence-corrected chi connectivity index (χ4v) is 4.53. The number of aryl methyl sites for hydroxylation is 2. The fraction of sp³-hybridized carbons (Fsp3) is 0.321. The van der Waals surface area contributed by atoms with Gasteiger partial charge in [-0.2, -0.15) is 5.10 Å². The summed E-state index contributed by atoms with van der Waals surface area (Å²) in [4.78, 5) is 9.56. The summed E-state index contributed by atoms with van der Waals surface area (Å²) in [5, 5.41) is 4.87. The van der Waals surface area contributed by atoms with Crippen molar-refractivity contribution in [1.82, 2.24) is 19.7 Å². The number of hydrogen-bond acceptors (Lipinski definition) is 4. The predicted octanol–water partition coefficient (Wildman–Crippen LogP) is 7.42. The molecule has 1 aliphatic carbocycles. The van der Waals surface area contributed by atoms with Crippen LogP contribution in [-0.4, -0.2) is 26.9 Å². The van der Waals surface area contributed by atoms with Gasteiger partial charge < -0.3 is 4.74 Å². The summed E-state index contributed by atoms with van der Waals surface area (Å²) in [5.41, 5.74) is 7.25. The second-order valence-corrected chi connectivity index (χ2v) is 9.53. The van der Waals surface area contributed by atoms with Crippen LogP contribution < -0.4 is 0 Å². The maximum Gasteiger partial charge on any atom is 0.132 e. The van der Waals surface area contributed by atoms with Crippen LogP contribution in [0.1, 0.15) is 60.8 Å². The fourth-order valence-electron chi connectivity index (χ4n) is 4.37. The van der Waals surface area contributed by atoms with E-state index in [4.69, 9.17) is 26.3 Å². The molecule has 5 rings (SSSR count). The highest BCUT2D eigenvalue weighted by atomic mass is 35.5. The highest BCUT2D eigenvalue weighted by Gasteiger charge is 2.25. The summed E-state index contributed by atoms with van der Waals surface area (Å²) in [6.07, 6.45) is 8.94. The lowest BCUT2D eigenvalue weighted by molar-refractivity contribution is 0.143. The van der Waals surface area contributed by atoms with Crippen molar-refractivity contribution in [2.75, 3.05) is 7.11 Å². The Hall–Kier alpha value is -3.09. The smallest absolute Gasteiger partial charge is 0.132 e. The Balaban J connectivity index is 1.65. The lowest BCUT2D eigenvalue weighted by Gasteiger charge is -2.16. The summed E-state index contributed by atoms with van der Waals surface area (Å²) >= 11 is 6.03. The lowest BCUT2D eigenvalue weighted by Crippen LogP contribution is -2.01. The Morgan fingerprint density at radius 3 is 2.63 bits per heavy atom. The lowest BCUT2D eigenvalue weighted by atomic mass is 9.94. The second-order valence-electron chi connectivity index (χ2n) is 9.10. The molecule has 4 aromatic rings. The number of fused-ring (bicyclic) bond motifs is 1. The highest BCUT2D eigenvalue weighted by molar-refractivity contribution is 6.30. The molecule has 0 radical (unpaired) electrons. The Morgan fingerprint density at radius 2 is 1.94 bits per heavy atom. The molecule has 0 spiro atoms. The van der Waals surface area contributed by atoms with Crippen LogP contribution >= 0.6 is 11.6 Å². The molecule has 0 bridgehead atoms. The molecule has 0 N–H and O–H groups in total. The zero-order chi connectivity index (χ0) is 24.7. The minimum absolute atomic E-state index is 0.241. The van der Waals surface area contributed by atoms with E-state index in [0.29, 0.717) is 27.7 Å². The van der Waals surface area contributed by atoms with Gasteiger partial charge in [-0.1, -0.05) is 18.5 Å². The van der Waals surface area contributed by atoms with E-state index < -0.39 is 0 Å². The normalized spacial score (nSPS) is 15.1. The average molecular weight is 491 g/mol. The standard InChI is InChI=1S/C28H28ClFN4O/c1-5-18(12-27(35-4)20-14-31-34(15-20)22-7-8-22)19-10-24(23-9-6-21(29)13-25(23)30)28-26(11-19)32-16(2)17(3)33-28/h6,9-15,22,27H,5,7-8H2,1-4H3/b18-12+. The van der Waals surface area contributed by atoms with Crippen LogP contribution in [0.5, 0.6) is 0 Å². The first kappa shape index (κ1) is 23.6. The Morgan fingerprint density at radius 1 is 1.17 bits per heavy atom. The highest BCUT2D eigenvalue weighted by Crippen LogP contribution is 2.37. The van der Waals surface area contributed by atoms with Crippen LogP contribution in [0.15, 0.2) is 48.8 Å². The Kier molecular flexibility index (Phi) is 6.43. The molecule has 1 fully saturated rings. The quantitative estimate of drug-likeness (QED) is 0.270. The number of benzene rings is 2. The molecular weight excluding hydrogens is 463 g/mol. The number of hydrogen-bond donors (Lipinski definition) is 0. The van der Waals surface area contributed by atoms with E-state index in [9.17, 15) is 0 Å². The number of ether oxygens (including phenoxy) is 1. The summed E-state index contributed by atoms with van der Waals surface area (Å²) in [5.74, 6) is -0.389. The molecule has 1 saturated carbocycles. The van der Waals surface area contributed by atoms with E-state index in [0.717, 1.165) is 40.0 Å². The summed E-state index contributed by atoms with van der Waals surface area (Å²) < 4.78 is 22.9. The van der Waals surface area contributed by atoms with E-state index in [1.807, 2.05) is 36.9 Å². The zero-order valence-corrected chi connectivity index (χ0v) is 21.1. The SMILES string of the molecule is CC/C(=C\C(OC)c1cnn(C2CC2)c1)c1cc(-c2ccc(Cl)cc2F)c2nc(C)c(C)nc2c1. The monoisotopic (exact) mass is 490 g/mol. The molecule has 180 valence electrons. The van der Waals surface area contributed by atoms with Gasteiger partial charge in [-0.25, -0.2) is 14.4 Å². The van der Waals surface area contributed by atoms with Crippen molar-refractivity contribution in [3.05, 3.63) is 82.2 Å². The average Bonchev–Trinajstić information content (AvgIpc) is 3.57. The van der Waals surface area contributed by atoms with Crippen molar-refractivity contribution in [3.63, 3.8) is 0 Å². The summed E-state index contributed by atoms with van der Waals surface area (Å²) in [6, 6.07) is 9.27. The second kappa shape index (κ2) is 9.51. The van der Waals surface area contributed by atoms with Crippen LogP contribution in [-0.2, 0) is 4.74 Å². The Labute approximate surface area is 209 Å². The van der Waals surface area contributed by atoms with Gasteiger partial charge in [-0.05, 0) is 80.7 Å². The first-order valence-corrected chi connectivity index (χ1v) is 12.3. The molecule has 2 aromatic heterocycles. The summed E-state index contributed by atoms with van der Waals surface area (Å²) in [6.45, 7) is 5.96. The molecule has 0 amide bonds. The molecule has 0 saturated heterocycles. The number of allylic oxidation sites excluding steroid dienone is 1. The molecule has 35 heavy (non-hydrogen) atoms. The number of rotatable bonds is 7. The van der Waals surface area contributed by atoms with Gasteiger partial charge in [0.05, 0.1) is 34.7 Å². The maximum absolute atomic E-state index is 15.0. The third-order valence-electron chi connectivity index (χ3n) is 6.63. The van der Waals surface area contributed by atoms with Gasteiger partial charge in [-0.3, -0.25) is 4.68 Å². The van der Waals surface area contributed by atoms with Gasteiger partial charge in [-0.15, -0.1) is 0 Å². The van der Waals surface area contributed by atoms with E-state index in [-0.39, 0.29) is 11.9 Å². The molecule has 1 atom stereocenters. The number of methoxy groups -OCH3 is 1. The van der Waals surface area contributed by atoms with E-state index in [1.165, 1.54) is 18.9 Å². The Bertz CT molecular complexity index is 1440. The van der Waals surface area contributed by atoms with Gasteiger partial charge in [0, 0.05) is 35.0 Å². The summed E-state index contributed by atoms with van der Waals surface area (Å²) in [7, 11) is 1.70. The molecule has 2 aromatic carbocycles.